The van der Waals surface area contributed by atoms with Crippen LogP contribution in [0.3, 0.4) is 0 Å². The van der Waals surface area contributed by atoms with Crippen LogP contribution in [0.2, 0.25) is 0 Å². The van der Waals surface area contributed by atoms with Crippen molar-refractivity contribution in [2.24, 2.45) is 0 Å². The molecule has 1 heterocycles. The maximum Gasteiger partial charge on any atom is 0.336 e. The molecule has 3 aromatic rings. The lowest BCUT2D eigenvalue weighted by molar-refractivity contribution is -0.394. The number of nitro benzene ring substituents is 2. The number of benzene rings is 2. The molecule has 0 bridgehead atoms. The van der Waals surface area contributed by atoms with E-state index in [-0.39, 0.29) is 34.0 Å². The maximum absolute atomic E-state index is 11.3. The fraction of sp³-hybridized carbons (Fsp3) is 0.0625. The molecule has 27 heavy (non-hydrogen) atoms. The summed E-state index contributed by atoms with van der Waals surface area (Å²) in [6, 6.07) is 7.85. The summed E-state index contributed by atoms with van der Waals surface area (Å²) in [7, 11) is 0. The molecule has 0 unspecified atom stereocenters. The molecular formula is C16H10N4O7. The van der Waals surface area contributed by atoms with Crippen molar-refractivity contribution in [3.63, 3.8) is 0 Å². The van der Waals surface area contributed by atoms with Gasteiger partial charge in [-0.25, -0.2) is 4.79 Å². The molecular weight excluding hydrogens is 360 g/mol. The van der Waals surface area contributed by atoms with Crippen molar-refractivity contribution in [2.75, 3.05) is 0 Å². The van der Waals surface area contributed by atoms with Crippen molar-refractivity contribution >= 4 is 17.3 Å². The number of non-ortho nitro benzene ring substituents is 1. The standard InChI is InChI=1S/C16H10N4O7/c1-8-12(6-9(19(23)24)7-13(8)20(25)26)15-18-17-14(27-15)10-4-2-3-5-11(10)16(21)22/h2-7H,1H3,(H,21,22). The first-order valence-electron chi connectivity index (χ1n) is 7.39. The first kappa shape index (κ1) is 17.7. The Morgan fingerprint density at radius 1 is 1.04 bits per heavy atom. The van der Waals surface area contributed by atoms with Crippen molar-refractivity contribution in [3.05, 3.63) is 67.8 Å². The van der Waals surface area contributed by atoms with Crippen LogP contribution in [0.1, 0.15) is 15.9 Å². The molecule has 0 spiro atoms. The highest BCUT2D eigenvalue weighted by Crippen LogP contribution is 2.35. The Labute approximate surface area is 150 Å². The van der Waals surface area contributed by atoms with Crippen molar-refractivity contribution in [3.8, 4) is 22.9 Å². The molecule has 0 fully saturated rings. The molecule has 0 saturated heterocycles. The van der Waals surface area contributed by atoms with Gasteiger partial charge >= 0.3 is 5.97 Å². The van der Waals surface area contributed by atoms with Crippen LogP contribution >= 0.6 is 0 Å². The van der Waals surface area contributed by atoms with Gasteiger partial charge in [-0.05, 0) is 19.1 Å². The molecule has 0 radical (unpaired) electrons. The van der Waals surface area contributed by atoms with Crippen LogP contribution in [-0.4, -0.2) is 31.1 Å². The number of hydrogen-bond acceptors (Lipinski definition) is 8. The third-order valence-corrected chi connectivity index (χ3v) is 3.82. The molecule has 0 aliphatic heterocycles. The molecule has 0 atom stereocenters. The van der Waals surface area contributed by atoms with E-state index in [1.807, 2.05) is 0 Å². The molecule has 11 heteroatoms. The van der Waals surface area contributed by atoms with E-state index in [1.54, 1.807) is 6.07 Å². The Balaban J connectivity index is 2.17. The number of nitro groups is 2. The van der Waals surface area contributed by atoms with Gasteiger partial charge in [-0.2, -0.15) is 0 Å². The number of carboxylic acid groups (broad SMARTS) is 1. The highest BCUT2D eigenvalue weighted by molar-refractivity contribution is 5.94. The van der Waals surface area contributed by atoms with E-state index in [1.165, 1.54) is 25.1 Å². The lowest BCUT2D eigenvalue weighted by atomic mass is 10.1. The van der Waals surface area contributed by atoms with Crippen LogP contribution in [0.5, 0.6) is 0 Å². The summed E-state index contributed by atoms with van der Waals surface area (Å²) in [5.74, 6) is -1.53. The molecule has 1 N–H and O–H groups in total. The molecule has 0 amide bonds. The average molecular weight is 370 g/mol. The number of carboxylic acids is 1. The quantitative estimate of drug-likeness (QED) is 0.524. The van der Waals surface area contributed by atoms with Crippen molar-refractivity contribution in [1.29, 1.82) is 0 Å². The van der Waals surface area contributed by atoms with E-state index in [4.69, 9.17) is 4.42 Å². The monoisotopic (exact) mass is 370 g/mol. The van der Waals surface area contributed by atoms with E-state index >= 15 is 0 Å². The number of carbonyl (C=O) groups is 1. The molecule has 2 aromatic carbocycles. The van der Waals surface area contributed by atoms with Gasteiger partial charge in [-0.1, -0.05) is 12.1 Å². The highest BCUT2D eigenvalue weighted by atomic mass is 16.6. The van der Waals surface area contributed by atoms with Crippen LogP contribution in [0.15, 0.2) is 40.8 Å². The topological polar surface area (TPSA) is 163 Å². The van der Waals surface area contributed by atoms with Crippen LogP contribution in [0.4, 0.5) is 11.4 Å². The number of aromatic nitrogens is 2. The Morgan fingerprint density at radius 3 is 2.26 bits per heavy atom. The summed E-state index contributed by atoms with van der Waals surface area (Å²) in [5, 5.41) is 39.0. The van der Waals surface area contributed by atoms with E-state index < -0.39 is 27.2 Å². The Morgan fingerprint density at radius 2 is 1.67 bits per heavy atom. The summed E-state index contributed by atoms with van der Waals surface area (Å²) in [4.78, 5) is 32.1. The van der Waals surface area contributed by atoms with Crippen molar-refractivity contribution in [2.45, 2.75) is 6.92 Å². The normalized spacial score (nSPS) is 10.6. The largest absolute Gasteiger partial charge is 0.478 e. The summed E-state index contributed by atoms with van der Waals surface area (Å²) in [5.41, 5.74) is -0.775. The Kier molecular flexibility index (Phi) is 4.34. The van der Waals surface area contributed by atoms with Gasteiger partial charge < -0.3 is 9.52 Å². The van der Waals surface area contributed by atoms with Crippen molar-refractivity contribution in [1.82, 2.24) is 10.2 Å². The Hall–Kier alpha value is -4.15. The molecule has 11 nitrogen and oxygen atoms in total. The van der Waals surface area contributed by atoms with Gasteiger partial charge in [0.25, 0.3) is 11.4 Å². The Bertz CT molecular complexity index is 1090. The fourth-order valence-corrected chi connectivity index (χ4v) is 2.50. The predicted octanol–water partition coefficient (Wildman–Crippen LogP) is 3.23. The van der Waals surface area contributed by atoms with E-state index in [2.05, 4.69) is 10.2 Å². The van der Waals surface area contributed by atoms with Gasteiger partial charge in [-0.3, -0.25) is 20.2 Å². The molecule has 1 aromatic heterocycles. The second-order valence-electron chi connectivity index (χ2n) is 5.41. The van der Waals surface area contributed by atoms with E-state index in [9.17, 15) is 30.1 Å². The van der Waals surface area contributed by atoms with Crippen LogP contribution in [0.25, 0.3) is 22.9 Å². The van der Waals surface area contributed by atoms with E-state index in [0.717, 1.165) is 12.1 Å². The molecule has 0 aliphatic rings. The van der Waals surface area contributed by atoms with Gasteiger partial charge in [0.05, 0.1) is 32.6 Å². The zero-order valence-corrected chi connectivity index (χ0v) is 13.6. The summed E-state index contributed by atoms with van der Waals surface area (Å²) in [6.07, 6.45) is 0. The van der Waals surface area contributed by atoms with Gasteiger partial charge in [0, 0.05) is 11.6 Å². The first-order valence-corrected chi connectivity index (χ1v) is 7.39. The maximum atomic E-state index is 11.3. The van der Waals surface area contributed by atoms with Crippen molar-refractivity contribution < 1.29 is 24.2 Å². The zero-order valence-electron chi connectivity index (χ0n) is 13.6. The molecule has 136 valence electrons. The second kappa shape index (κ2) is 6.63. The highest BCUT2D eigenvalue weighted by Gasteiger charge is 2.25. The average Bonchev–Trinajstić information content (AvgIpc) is 3.11. The summed E-state index contributed by atoms with van der Waals surface area (Å²) < 4.78 is 5.47. The SMILES string of the molecule is Cc1c(-c2nnc(-c3ccccc3C(=O)O)o2)cc([N+](=O)[O-])cc1[N+](=O)[O-]. The fourth-order valence-electron chi connectivity index (χ4n) is 2.50. The van der Waals surface area contributed by atoms with Gasteiger partial charge in [0.15, 0.2) is 0 Å². The zero-order chi connectivity index (χ0) is 19.7. The molecule has 0 aliphatic carbocycles. The minimum Gasteiger partial charge on any atom is -0.478 e. The van der Waals surface area contributed by atoms with Crippen LogP contribution in [0, 0.1) is 27.2 Å². The molecule has 0 saturated carbocycles. The number of nitrogens with zero attached hydrogens (tertiary/aromatic N) is 4. The third-order valence-electron chi connectivity index (χ3n) is 3.82. The lowest BCUT2D eigenvalue weighted by Crippen LogP contribution is -1.99. The third kappa shape index (κ3) is 3.20. The number of rotatable bonds is 5. The number of hydrogen-bond donors (Lipinski definition) is 1. The number of aromatic carboxylic acids is 1. The van der Waals surface area contributed by atoms with Gasteiger partial charge in [0.1, 0.15) is 0 Å². The summed E-state index contributed by atoms with van der Waals surface area (Å²) >= 11 is 0. The predicted molar refractivity (Wildman–Crippen MR) is 90.2 cm³/mol. The van der Waals surface area contributed by atoms with Gasteiger partial charge in [-0.15, -0.1) is 10.2 Å². The minimum absolute atomic E-state index is 0.0162. The molecule has 3 rings (SSSR count). The van der Waals surface area contributed by atoms with E-state index in [0.29, 0.717) is 0 Å². The summed E-state index contributed by atoms with van der Waals surface area (Å²) in [6.45, 7) is 1.40. The minimum atomic E-state index is -1.20. The first-order chi connectivity index (χ1) is 12.8. The second-order valence-corrected chi connectivity index (χ2v) is 5.41. The van der Waals surface area contributed by atoms with Crippen LogP contribution < -0.4 is 0 Å². The van der Waals surface area contributed by atoms with Gasteiger partial charge in [0.2, 0.25) is 11.8 Å². The smallest absolute Gasteiger partial charge is 0.336 e. The lowest BCUT2D eigenvalue weighted by Gasteiger charge is -2.03. The van der Waals surface area contributed by atoms with Crippen LogP contribution in [-0.2, 0) is 0 Å².